The molecule has 35 heavy (non-hydrogen) atoms. The number of nitrogens with zero attached hydrogens (tertiary/aromatic N) is 3. The highest BCUT2D eigenvalue weighted by molar-refractivity contribution is 7.89. The Labute approximate surface area is 203 Å². The molecule has 2 rings (SSSR count). The summed E-state index contributed by atoms with van der Waals surface area (Å²) in [6.45, 7) is 5.15. The van der Waals surface area contributed by atoms with E-state index < -0.39 is 27.5 Å². The Morgan fingerprint density at radius 2 is 1.89 bits per heavy atom. The minimum atomic E-state index is -3.51. The van der Waals surface area contributed by atoms with Crippen molar-refractivity contribution in [3.8, 4) is 6.07 Å². The summed E-state index contributed by atoms with van der Waals surface area (Å²) in [4.78, 5) is 37.2. The molecule has 14 heteroatoms. The van der Waals surface area contributed by atoms with Gasteiger partial charge in [0.05, 0.1) is 12.6 Å². The van der Waals surface area contributed by atoms with Crippen LogP contribution >= 0.6 is 0 Å². The molecular weight excluding hydrogens is 480 g/mol. The van der Waals surface area contributed by atoms with Crippen LogP contribution in [0.5, 0.6) is 0 Å². The molecular formula is C21H30N6O7S. The highest BCUT2D eigenvalue weighted by atomic mass is 32.2. The second-order valence-electron chi connectivity index (χ2n) is 8.06. The summed E-state index contributed by atoms with van der Waals surface area (Å²) < 4.78 is 25.6. The van der Waals surface area contributed by atoms with E-state index in [1.54, 1.807) is 11.0 Å². The van der Waals surface area contributed by atoms with Crippen LogP contribution in [0.3, 0.4) is 0 Å². The van der Waals surface area contributed by atoms with Gasteiger partial charge in [-0.1, -0.05) is 0 Å². The highest BCUT2D eigenvalue weighted by Crippen LogP contribution is 2.16. The first kappa shape index (κ1) is 29.5. The number of pyridine rings is 1. The predicted octanol–water partition coefficient (Wildman–Crippen LogP) is -0.00382. The Bertz CT molecular complexity index is 1050. The summed E-state index contributed by atoms with van der Waals surface area (Å²) in [6.07, 6.45) is 4.00. The monoisotopic (exact) mass is 510 g/mol. The lowest BCUT2D eigenvalue weighted by atomic mass is 10.1. The van der Waals surface area contributed by atoms with Crippen LogP contribution in [-0.2, 0) is 24.4 Å². The lowest BCUT2D eigenvalue weighted by Crippen LogP contribution is -2.50. The van der Waals surface area contributed by atoms with E-state index in [4.69, 9.17) is 15.5 Å². The maximum Gasteiger partial charge on any atom is 0.328 e. The molecule has 0 unspecified atom stereocenters. The van der Waals surface area contributed by atoms with Gasteiger partial charge in [-0.05, 0) is 45.9 Å². The van der Waals surface area contributed by atoms with Crippen LogP contribution in [0.15, 0.2) is 35.4 Å². The molecule has 0 bridgehead atoms. The lowest BCUT2D eigenvalue weighted by Gasteiger charge is -2.28. The number of sulfonamides is 1. The van der Waals surface area contributed by atoms with Crippen LogP contribution in [0.2, 0.25) is 0 Å². The van der Waals surface area contributed by atoms with Crippen LogP contribution < -0.4 is 15.4 Å². The minimum absolute atomic E-state index is 0.0770. The van der Waals surface area contributed by atoms with E-state index in [1.807, 2.05) is 13.8 Å². The standard InChI is InChI=1S/C17H26N6O3S.C4H4O4/c1-17(2,22-11-16(24)23-8-4-5-13(23)9-18)12-21-15-7-6-14(10-20-15)27(25,26)19-3;5-3(6)1-2-4(7)8/h6-7,10,13,19,22H,4-5,8,11-12H2,1-3H3,(H,20,21);1-2H,(H,5,6)(H,7,8)/b;2-1+/t13-;/m0./s1. The largest absolute Gasteiger partial charge is 0.478 e. The molecule has 1 aromatic rings. The highest BCUT2D eigenvalue weighted by Gasteiger charge is 2.29. The molecule has 0 saturated carbocycles. The quantitative estimate of drug-likeness (QED) is 0.265. The summed E-state index contributed by atoms with van der Waals surface area (Å²) in [5, 5.41) is 31.0. The number of rotatable bonds is 10. The Kier molecular flexibility index (Phi) is 11.3. The number of nitriles is 1. The number of aliphatic carboxylic acids is 2. The van der Waals surface area contributed by atoms with Crippen molar-refractivity contribution in [2.75, 3.05) is 32.0 Å². The molecule has 1 atom stereocenters. The van der Waals surface area contributed by atoms with Gasteiger partial charge in [0.2, 0.25) is 15.9 Å². The van der Waals surface area contributed by atoms with E-state index in [-0.39, 0.29) is 23.4 Å². The third-order valence-electron chi connectivity index (χ3n) is 4.84. The van der Waals surface area contributed by atoms with E-state index in [2.05, 4.69) is 26.4 Å². The molecule has 0 radical (unpaired) electrons. The van der Waals surface area contributed by atoms with Gasteiger partial charge in [0.15, 0.2) is 0 Å². The van der Waals surface area contributed by atoms with Gasteiger partial charge in [0.25, 0.3) is 0 Å². The molecule has 1 aliphatic rings. The SMILES string of the molecule is CNS(=O)(=O)c1ccc(NCC(C)(C)NCC(=O)N2CCC[C@H]2C#N)nc1.O=C(O)/C=C/C(=O)O. The number of likely N-dealkylation sites (tertiary alicyclic amines) is 1. The third kappa shape index (κ3) is 10.5. The van der Waals surface area contributed by atoms with E-state index in [1.165, 1.54) is 19.3 Å². The Morgan fingerprint density at radius 3 is 2.37 bits per heavy atom. The number of aromatic nitrogens is 1. The van der Waals surface area contributed by atoms with Gasteiger partial charge in [-0.15, -0.1) is 0 Å². The number of hydrogen-bond donors (Lipinski definition) is 5. The zero-order valence-electron chi connectivity index (χ0n) is 19.7. The van der Waals surface area contributed by atoms with Gasteiger partial charge < -0.3 is 25.7 Å². The van der Waals surface area contributed by atoms with Crippen molar-refractivity contribution in [3.63, 3.8) is 0 Å². The van der Waals surface area contributed by atoms with Gasteiger partial charge >= 0.3 is 11.9 Å². The van der Waals surface area contributed by atoms with Crippen LogP contribution in [0.4, 0.5) is 5.82 Å². The summed E-state index contributed by atoms with van der Waals surface area (Å²) in [5.41, 5.74) is -0.408. The maximum atomic E-state index is 12.3. The third-order valence-corrected chi connectivity index (χ3v) is 6.24. The molecule has 1 saturated heterocycles. The minimum Gasteiger partial charge on any atom is -0.478 e. The van der Waals surface area contributed by atoms with Gasteiger partial charge in [-0.25, -0.2) is 27.7 Å². The number of amides is 1. The number of nitrogens with one attached hydrogen (secondary N) is 3. The summed E-state index contributed by atoms with van der Waals surface area (Å²) in [5.74, 6) is -2.05. The normalized spacial score (nSPS) is 15.7. The summed E-state index contributed by atoms with van der Waals surface area (Å²) in [7, 11) is -2.16. The van der Waals surface area contributed by atoms with Crippen molar-refractivity contribution in [1.82, 2.24) is 19.9 Å². The van der Waals surface area contributed by atoms with E-state index in [0.29, 0.717) is 31.1 Å². The fourth-order valence-corrected chi connectivity index (χ4v) is 3.57. The number of carbonyl (C=O) groups is 3. The number of carboxylic acid groups (broad SMARTS) is 2. The molecule has 0 aliphatic carbocycles. The Balaban J connectivity index is 0.000000658. The van der Waals surface area contributed by atoms with Crippen LogP contribution in [0, 0.1) is 11.3 Å². The molecule has 192 valence electrons. The lowest BCUT2D eigenvalue weighted by molar-refractivity contribution is -0.134. The van der Waals surface area contributed by atoms with Gasteiger partial charge in [-0.3, -0.25) is 4.79 Å². The molecule has 1 fully saturated rings. The Morgan fingerprint density at radius 1 is 1.26 bits per heavy atom. The first-order valence-corrected chi connectivity index (χ1v) is 12.0. The number of carbonyl (C=O) groups excluding carboxylic acids is 1. The predicted molar refractivity (Wildman–Crippen MR) is 126 cm³/mol. The summed E-state index contributed by atoms with van der Waals surface area (Å²) in [6, 6.07) is 4.91. The van der Waals surface area contributed by atoms with Crippen LogP contribution in [0.1, 0.15) is 26.7 Å². The van der Waals surface area contributed by atoms with E-state index in [0.717, 1.165) is 12.8 Å². The fraction of sp³-hybridized carbons (Fsp3) is 0.476. The molecule has 13 nitrogen and oxygen atoms in total. The average Bonchev–Trinajstić information content (AvgIpc) is 3.30. The van der Waals surface area contributed by atoms with Crippen LogP contribution in [0.25, 0.3) is 0 Å². The van der Waals surface area contributed by atoms with E-state index in [9.17, 15) is 22.8 Å². The van der Waals surface area contributed by atoms with E-state index >= 15 is 0 Å². The van der Waals surface area contributed by atoms with Crippen molar-refractivity contribution < 1.29 is 33.0 Å². The molecule has 1 aromatic heterocycles. The maximum absolute atomic E-state index is 12.3. The van der Waals surface area contributed by atoms with Crippen molar-refractivity contribution in [2.45, 2.75) is 43.2 Å². The molecule has 5 N–H and O–H groups in total. The smallest absolute Gasteiger partial charge is 0.328 e. The molecule has 1 aliphatic heterocycles. The zero-order chi connectivity index (χ0) is 26.6. The fourth-order valence-electron chi connectivity index (χ4n) is 2.89. The number of hydrogen-bond acceptors (Lipinski definition) is 9. The molecule has 1 amide bonds. The number of anilines is 1. The molecule has 0 aromatic carbocycles. The summed E-state index contributed by atoms with van der Waals surface area (Å²) >= 11 is 0. The van der Waals surface area contributed by atoms with Gasteiger partial charge in [0.1, 0.15) is 16.8 Å². The van der Waals surface area contributed by atoms with Crippen molar-refractivity contribution in [2.24, 2.45) is 0 Å². The second kappa shape index (κ2) is 13.4. The van der Waals surface area contributed by atoms with Crippen molar-refractivity contribution >= 4 is 33.7 Å². The number of carboxylic acids is 2. The van der Waals surface area contributed by atoms with Gasteiger partial charge in [-0.2, -0.15) is 5.26 Å². The molecule has 2 heterocycles. The second-order valence-corrected chi connectivity index (χ2v) is 9.95. The first-order chi connectivity index (χ1) is 16.3. The topological polar surface area (TPSA) is 202 Å². The Hall–Kier alpha value is -3.54. The zero-order valence-corrected chi connectivity index (χ0v) is 20.5. The first-order valence-electron chi connectivity index (χ1n) is 10.5. The molecule has 0 spiro atoms. The van der Waals surface area contributed by atoms with Crippen molar-refractivity contribution in [3.05, 3.63) is 30.5 Å². The van der Waals surface area contributed by atoms with Gasteiger partial charge in [0, 0.05) is 37.0 Å². The van der Waals surface area contributed by atoms with Crippen molar-refractivity contribution in [1.29, 1.82) is 5.26 Å². The van der Waals surface area contributed by atoms with Crippen LogP contribution in [-0.4, -0.2) is 84.6 Å². The average molecular weight is 511 g/mol.